The van der Waals surface area contributed by atoms with Gasteiger partial charge in [0.25, 0.3) is 5.69 Å². The highest BCUT2D eigenvalue weighted by Crippen LogP contribution is 2.45. The van der Waals surface area contributed by atoms with Crippen molar-refractivity contribution < 1.29 is 19.2 Å². The van der Waals surface area contributed by atoms with Crippen LogP contribution in [0.1, 0.15) is 42.9 Å². The molecule has 2 N–H and O–H groups in total. The van der Waals surface area contributed by atoms with E-state index in [1.807, 2.05) is 55.5 Å². The minimum absolute atomic E-state index is 0.00147. The average molecular weight is 486 g/mol. The number of ether oxygens (including phenoxy) is 2. The van der Waals surface area contributed by atoms with Crippen LogP contribution >= 0.6 is 0 Å². The molecule has 0 saturated heterocycles. The van der Waals surface area contributed by atoms with E-state index >= 15 is 0 Å². The Bertz CT molecular complexity index is 1370. The van der Waals surface area contributed by atoms with E-state index in [-0.39, 0.29) is 17.4 Å². The van der Waals surface area contributed by atoms with Gasteiger partial charge in [0.15, 0.2) is 17.3 Å². The van der Waals surface area contributed by atoms with Gasteiger partial charge in [-0.1, -0.05) is 30.3 Å². The van der Waals surface area contributed by atoms with Crippen molar-refractivity contribution in [2.75, 3.05) is 24.4 Å². The summed E-state index contributed by atoms with van der Waals surface area (Å²) in [5.74, 6) is 1.25. The molecule has 184 valence electrons. The van der Waals surface area contributed by atoms with Crippen molar-refractivity contribution in [1.82, 2.24) is 0 Å². The van der Waals surface area contributed by atoms with Gasteiger partial charge in [-0.25, -0.2) is 0 Å². The molecule has 1 aliphatic carbocycles. The van der Waals surface area contributed by atoms with Crippen molar-refractivity contribution in [3.05, 3.63) is 99.2 Å². The number of carbonyl (C=O) groups is 1. The summed E-state index contributed by atoms with van der Waals surface area (Å²) < 4.78 is 11.2. The first-order valence-corrected chi connectivity index (χ1v) is 11.9. The topological polar surface area (TPSA) is 103 Å². The third kappa shape index (κ3) is 4.37. The highest BCUT2D eigenvalue weighted by atomic mass is 16.6. The van der Waals surface area contributed by atoms with Gasteiger partial charge >= 0.3 is 0 Å². The van der Waals surface area contributed by atoms with Crippen LogP contribution in [-0.2, 0) is 4.79 Å². The Kier molecular flexibility index (Phi) is 6.33. The number of nitrogens with one attached hydrogen (secondary N) is 2. The summed E-state index contributed by atoms with van der Waals surface area (Å²) >= 11 is 0. The summed E-state index contributed by atoms with van der Waals surface area (Å²) in [6.07, 6.45) is 0.931. The molecule has 0 amide bonds. The van der Waals surface area contributed by atoms with Gasteiger partial charge in [-0.3, -0.25) is 14.9 Å². The zero-order chi connectivity index (χ0) is 25.2. The normalized spacial score (nSPS) is 18.8. The maximum Gasteiger partial charge on any atom is 0.269 e. The number of nitro benzene ring substituents is 1. The van der Waals surface area contributed by atoms with E-state index in [0.29, 0.717) is 42.1 Å². The van der Waals surface area contributed by atoms with Crippen LogP contribution in [0.4, 0.5) is 17.1 Å². The molecule has 0 aromatic heterocycles. The monoisotopic (exact) mass is 485 g/mol. The molecule has 0 bridgehead atoms. The second kappa shape index (κ2) is 9.73. The second-order valence-corrected chi connectivity index (χ2v) is 8.86. The SMILES string of the molecule is CCOc1ccc(C2CC(=O)C3=C(C2)Nc2ccccc2NC3c2cccc([N+](=O)[O-])c2)cc1OC. The molecule has 3 aromatic rings. The van der Waals surface area contributed by atoms with E-state index in [2.05, 4.69) is 10.6 Å². The molecular weight excluding hydrogens is 458 g/mol. The number of benzene rings is 3. The molecule has 2 aliphatic rings. The third-order valence-corrected chi connectivity index (χ3v) is 6.68. The van der Waals surface area contributed by atoms with Gasteiger partial charge in [-0.15, -0.1) is 0 Å². The summed E-state index contributed by atoms with van der Waals surface area (Å²) in [5.41, 5.74) is 4.77. The number of para-hydroxylation sites is 2. The fourth-order valence-electron chi connectivity index (χ4n) is 5.01. The van der Waals surface area contributed by atoms with Gasteiger partial charge in [0.05, 0.1) is 36.1 Å². The number of carbonyl (C=O) groups excluding carboxylic acids is 1. The van der Waals surface area contributed by atoms with Crippen LogP contribution in [0.5, 0.6) is 11.5 Å². The quantitative estimate of drug-likeness (QED) is 0.327. The molecule has 1 heterocycles. The molecule has 1 aliphatic heterocycles. The number of methoxy groups -OCH3 is 1. The van der Waals surface area contributed by atoms with E-state index in [0.717, 1.165) is 22.6 Å². The number of hydrogen-bond donors (Lipinski definition) is 2. The zero-order valence-electron chi connectivity index (χ0n) is 20.1. The zero-order valence-corrected chi connectivity index (χ0v) is 20.1. The number of non-ortho nitro benzene ring substituents is 1. The fraction of sp³-hybridized carbons (Fsp3) is 0.250. The first-order valence-electron chi connectivity index (χ1n) is 11.9. The minimum Gasteiger partial charge on any atom is -0.493 e. The Labute approximate surface area is 209 Å². The van der Waals surface area contributed by atoms with E-state index in [1.165, 1.54) is 12.1 Å². The molecule has 2 atom stereocenters. The third-order valence-electron chi connectivity index (χ3n) is 6.68. The van der Waals surface area contributed by atoms with E-state index in [4.69, 9.17) is 9.47 Å². The maximum absolute atomic E-state index is 13.7. The Morgan fingerprint density at radius 1 is 0.972 bits per heavy atom. The van der Waals surface area contributed by atoms with E-state index in [9.17, 15) is 14.9 Å². The van der Waals surface area contributed by atoms with Crippen LogP contribution in [0.25, 0.3) is 0 Å². The highest BCUT2D eigenvalue weighted by Gasteiger charge is 2.36. The highest BCUT2D eigenvalue weighted by molar-refractivity contribution is 6.01. The molecule has 5 rings (SSSR count). The van der Waals surface area contributed by atoms with Crippen molar-refractivity contribution >= 4 is 22.8 Å². The molecule has 0 saturated carbocycles. The van der Waals surface area contributed by atoms with Crippen LogP contribution in [-0.4, -0.2) is 24.4 Å². The number of ketones is 1. The van der Waals surface area contributed by atoms with Crippen LogP contribution in [0.15, 0.2) is 78.0 Å². The number of allylic oxidation sites excluding steroid dienone is 1. The largest absolute Gasteiger partial charge is 0.493 e. The van der Waals surface area contributed by atoms with Crippen LogP contribution in [0.2, 0.25) is 0 Å². The lowest BCUT2D eigenvalue weighted by Crippen LogP contribution is -2.27. The van der Waals surface area contributed by atoms with E-state index in [1.54, 1.807) is 13.2 Å². The number of rotatable bonds is 6. The van der Waals surface area contributed by atoms with Crippen molar-refractivity contribution in [3.63, 3.8) is 0 Å². The first kappa shape index (κ1) is 23.4. The molecule has 3 aromatic carbocycles. The summed E-state index contributed by atoms with van der Waals surface area (Å²) in [4.78, 5) is 24.7. The molecule has 8 heteroatoms. The summed E-state index contributed by atoms with van der Waals surface area (Å²) in [7, 11) is 1.60. The second-order valence-electron chi connectivity index (χ2n) is 8.86. The summed E-state index contributed by atoms with van der Waals surface area (Å²) in [6.45, 7) is 2.45. The van der Waals surface area contributed by atoms with Gasteiger partial charge in [0.2, 0.25) is 0 Å². The number of Topliss-reactive ketones (excluding diaryl/α,β-unsaturated/α-hetero) is 1. The average Bonchev–Trinajstić information content (AvgIpc) is 3.06. The Hall–Kier alpha value is -4.33. The Morgan fingerprint density at radius 2 is 1.78 bits per heavy atom. The number of anilines is 2. The standard InChI is InChI=1S/C28H27N3O5/c1-3-36-25-12-11-17(16-26(25)35-2)19-14-23-27(24(32)15-19)28(18-7-6-8-20(13-18)31(33)34)30-22-10-5-4-9-21(22)29-23/h4-13,16,19,28-30H,3,14-15H2,1-2H3. The summed E-state index contributed by atoms with van der Waals surface area (Å²) in [6, 6.07) is 19.5. The number of nitro groups is 1. The molecular formula is C28H27N3O5. The van der Waals surface area contributed by atoms with Crippen molar-refractivity contribution in [2.45, 2.75) is 31.7 Å². The fourth-order valence-corrected chi connectivity index (χ4v) is 5.01. The molecule has 2 unspecified atom stereocenters. The lowest BCUT2D eigenvalue weighted by molar-refractivity contribution is -0.384. The van der Waals surface area contributed by atoms with Crippen molar-refractivity contribution in [1.29, 1.82) is 0 Å². The van der Waals surface area contributed by atoms with Gasteiger partial charge in [0.1, 0.15) is 0 Å². The number of hydrogen-bond acceptors (Lipinski definition) is 7. The lowest BCUT2D eigenvalue weighted by atomic mass is 9.78. The Morgan fingerprint density at radius 3 is 2.53 bits per heavy atom. The predicted molar refractivity (Wildman–Crippen MR) is 138 cm³/mol. The molecule has 36 heavy (non-hydrogen) atoms. The first-order chi connectivity index (χ1) is 17.5. The number of nitrogens with zero attached hydrogens (tertiary/aromatic N) is 1. The van der Waals surface area contributed by atoms with Crippen molar-refractivity contribution in [3.8, 4) is 11.5 Å². The predicted octanol–water partition coefficient (Wildman–Crippen LogP) is 5.98. The maximum atomic E-state index is 13.7. The van der Waals surface area contributed by atoms with Gasteiger partial charge in [-0.05, 0) is 54.7 Å². The van der Waals surface area contributed by atoms with Gasteiger partial charge < -0.3 is 20.1 Å². The van der Waals surface area contributed by atoms with Crippen molar-refractivity contribution in [2.24, 2.45) is 0 Å². The molecule has 0 fully saturated rings. The van der Waals surface area contributed by atoms with Crippen LogP contribution in [0.3, 0.4) is 0 Å². The van der Waals surface area contributed by atoms with E-state index < -0.39 is 11.0 Å². The summed E-state index contributed by atoms with van der Waals surface area (Å²) in [5, 5.41) is 18.4. The van der Waals surface area contributed by atoms with Crippen LogP contribution < -0.4 is 20.1 Å². The van der Waals surface area contributed by atoms with Gasteiger partial charge in [0, 0.05) is 29.8 Å². The smallest absolute Gasteiger partial charge is 0.269 e. The minimum atomic E-state index is -0.514. The Balaban J connectivity index is 1.57. The lowest BCUT2D eigenvalue weighted by Gasteiger charge is -2.30. The molecule has 8 nitrogen and oxygen atoms in total. The molecule has 0 spiro atoms. The number of fused-ring (bicyclic) bond motifs is 1. The van der Waals surface area contributed by atoms with Gasteiger partial charge in [-0.2, -0.15) is 0 Å². The molecule has 0 radical (unpaired) electrons. The van der Waals surface area contributed by atoms with Crippen LogP contribution in [0, 0.1) is 10.1 Å².